The van der Waals surface area contributed by atoms with E-state index < -0.39 is 6.10 Å². The number of nitrogens with one attached hydrogen (secondary N) is 1. The van der Waals surface area contributed by atoms with E-state index in [1.54, 1.807) is 31.2 Å². The first-order chi connectivity index (χ1) is 9.95. The lowest BCUT2D eigenvalue weighted by Crippen LogP contribution is -2.30. The Morgan fingerprint density at radius 3 is 2.71 bits per heavy atom. The molecule has 0 aliphatic carbocycles. The highest BCUT2D eigenvalue weighted by Crippen LogP contribution is 2.21. The highest BCUT2D eigenvalue weighted by molar-refractivity contribution is 9.10. The average molecular weight is 369 g/mol. The lowest BCUT2D eigenvalue weighted by Gasteiger charge is -2.15. The number of carbonyl (C=O) groups is 1. The van der Waals surface area contributed by atoms with Crippen molar-refractivity contribution < 1.29 is 9.53 Å². The molecule has 2 aromatic rings. The van der Waals surface area contributed by atoms with Crippen LogP contribution in [0.1, 0.15) is 12.5 Å². The van der Waals surface area contributed by atoms with Crippen molar-refractivity contribution in [2.24, 2.45) is 0 Å². The first-order valence-electron chi connectivity index (χ1n) is 6.45. The maximum atomic E-state index is 12.1. The van der Waals surface area contributed by atoms with E-state index in [1.807, 2.05) is 25.1 Å². The number of ether oxygens (including phenoxy) is 1. The summed E-state index contributed by atoms with van der Waals surface area (Å²) in [6.45, 7) is 3.66. The third-order valence-corrected chi connectivity index (χ3v) is 4.03. The summed E-state index contributed by atoms with van der Waals surface area (Å²) in [4.78, 5) is 12.1. The molecule has 0 bridgehead atoms. The van der Waals surface area contributed by atoms with Gasteiger partial charge in [0.05, 0.1) is 0 Å². The summed E-state index contributed by atoms with van der Waals surface area (Å²) in [6.07, 6.45) is -0.618. The van der Waals surface area contributed by atoms with Crippen LogP contribution in [0.3, 0.4) is 0 Å². The molecule has 0 heterocycles. The Hall–Kier alpha value is -1.52. The van der Waals surface area contributed by atoms with Crippen molar-refractivity contribution in [3.05, 3.63) is 57.5 Å². The fourth-order valence-corrected chi connectivity index (χ4v) is 2.19. The number of rotatable bonds is 4. The Balaban J connectivity index is 2.00. The molecule has 0 fully saturated rings. The summed E-state index contributed by atoms with van der Waals surface area (Å²) in [7, 11) is 0. The monoisotopic (exact) mass is 367 g/mol. The highest BCUT2D eigenvalue weighted by atomic mass is 79.9. The van der Waals surface area contributed by atoms with Gasteiger partial charge in [0.1, 0.15) is 5.75 Å². The fourth-order valence-electron chi connectivity index (χ4n) is 1.76. The number of hydrogen-bond acceptors (Lipinski definition) is 2. The Bertz CT molecular complexity index is 660. The predicted octanol–water partition coefficient (Wildman–Crippen LogP) is 4.82. The van der Waals surface area contributed by atoms with E-state index in [0.717, 1.165) is 15.7 Å². The van der Waals surface area contributed by atoms with Gasteiger partial charge in [0.15, 0.2) is 6.10 Å². The molecular formula is C16H15BrClNO2. The van der Waals surface area contributed by atoms with Gasteiger partial charge in [-0.05, 0) is 55.8 Å². The quantitative estimate of drug-likeness (QED) is 0.840. The summed E-state index contributed by atoms with van der Waals surface area (Å²) in [6, 6.07) is 12.6. The molecule has 0 unspecified atom stereocenters. The van der Waals surface area contributed by atoms with E-state index in [2.05, 4.69) is 21.2 Å². The maximum absolute atomic E-state index is 12.1. The van der Waals surface area contributed by atoms with Crippen molar-refractivity contribution in [2.45, 2.75) is 20.0 Å². The number of carbonyl (C=O) groups excluding carboxylic acids is 1. The minimum absolute atomic E-state index is 0.211. The Morgan fingerprint density at radius 1 is 1.29 bits per heavy atom. The zero-order valence-electron chi connectivity index (χ0n) is 11.7. The molecule has 21 heavy (non-hydrogen) atoms. The van der Waals surface area contributed by atoms with Crippen LogP contribution < -0.4 is 10.1 Å². The third kappa shape index (κ3) is 4.48. The number of halogens is 2. The standard InChI is InChI=1S/C16H15BrClNO2/c1-10-8-13(6-7-15(10)17)19-16(20)11(2)21-14-5-3-4-12(18)9-14/h3-9,11H,1-2H3,(H,19,20)/t11-/m1/s1. The number of aryl methyl sites for hydroxylation is 1. The minimum atomic E-state index is -0.618. The lowest BCUT2D eigenvalue weighted by molar-refractivity contribution is -0.122. The first-order valence-corrected chi connectivity index (χ1v) is 7.62. The van der Waals surface area contributed by atoms with Crippen molar-refractivity contribution in [2.75, 3.05) is 5.32 Å². The number of benzene rings is 2. The third-order valence-electron chi connectivity index (χ3n) is 2.90. The molecule has 0 aromatic heterocycles. The van der Waals surface area contributed by atoms with Gasteiger partial charge < -0.3 is 10.1 Å². The zero-order valence-corrected chi connectivity index (χ0v) is 14.0. The molecule has 110 valence electrons. The molecule has 1 amide bonds. The van der Waals surface area contributed by atoms with E-state index >= 15 is 0 Å². The Labute approximate surface area is 137 Å². The van der Waals surface area contributed by atoms with Gasteiger partial charge in [0.25, 0.3) is 5.91 Å². The second-order valence-electron chi connectivity index (χ2n) is 4.67. The van der Waals surface area contributed by atoms with Gasteiger partial charge in [0.2, 0.25) is 0 Å². The molecule has 2 aromatic carbocycles. The normalized spacial score (nSPS) is 11.8. The van der Waals surface area contributed by atoms with Gasteiger partial charge in [-0.3, -0.25) is 4.79 Å². The minimum Gasteiger partial charge on any atom is -0.481 e. The summed E-state index contributed by atoms with van der Waals surface area (Å²) >= 11 is 9.31. The predicted molar refractivity (Wildman–Crippen MR) is 89.1 cm³/mol. The van der Waals surface area contributed by atoms with Crippen LogP contribution in [0.15, 0.2) is 46.9 Å². The average Bonchev–Trinajstić information content (AvgIpc) is 2.43. The molecule has 0 radical (unpaired) electrons. The second kappa shape index (κ2) is 6.96. The lowest BCUT2D eigenvalue weighted by atomic mass is 10.2. The smallest absolute Gasteiger partial charge is 0.265 e. The molecule has 0 aliphatic rings. The van der Waals surface area contributed by atoms with Gasteiger partial charge >= 0.3 is 0 Å². The zero-order chi connectivity index (χ0) is 15.4. The van der Waals surface area contributed by atoms with Crippen molar-refractivity contribution in [1.29, 1.82) is 0 Å². The number of hydrogen-bond donors (Lipinski definition) is 1. The van der Waals surface area contributed by atoms with Crippen LogP contribution in [0.5, 0.6) is 5.75 Å². The molecule has 0 saturated heterocycles. The molecule has 0 spiro atoms. The summed E-state index contributed by atoms with van der Waals surface area (Å²) in [5, 5.41) is 3.40. The molecule has 5 heteroatoms. The molecule has 1 N–H and O–H groups in total. The van der Waals surface area contributed by atoms with Crippen molar-refractivity contribution in [1.82, 2.24) is 0 Å². The van der Waals surface area contributed by atoms with Crippen molar-refractivity contribution >= 4 is 39.1 Å². The van der Waals surface area contributed by atoms with Crippen LogP contribution in [-0.2, 0) is 4.79 Å². The van der Waals surface area contributed by atoms with Crippen LogP contribution in [0.4, 0.5) is 5.69 Å². The molecule has 0 saturated carbocycles. The van der Waals surface area contributed by atoms with E-state index in [0.29, 0.717) is 10.8 Å². The Morgan fingerprint density at radius 2 is 2.05 bits per heavy atom. The molecule has 0 aliphatic heterocycles. The van der Waals surface area contributed by atoms with E-state index in [9.17, 15) is 4.79 Å². The largest absolute Gasteiger partial charge is 0.481 e. The van der Waals surface area contributed by atoms with Crippen LogP contribution >= 0.6 is 27.5 Å². The van der Waals surface area contributed by atoms with Crippen LogP contribution in [0.25, 0.3) is 0 Å². The van der Waals surface area contributed by atoms with E-state index in [-0.39, 0.29) is 5.91 Å². The molecule has 1 atom stereocenters. The first kappa shape index (κ1) is 15.9. The highest BCUT2D eigenvalue weighted by Gasteiger charge is 2.15. The van der Waals surface area contributed by atoms with Crippen LogP contribution in [0, 0.1) is 6.92 Å². The van der Waals surface area contributed by atoms with E-state index in [4.69, 9.17) is 16.3 Å². The number of anilines is 1. The fraction of sp³-hybridized carbons (Fsp3) is 0.188. The summed E-state index contributed by atoms with van der Waals surface area (Å²) < 4.78 is 6.58. The van der Waals surface area contributed by atoms with Gasteiger partial charge in [0, 0.05) is 15.2 Å². The van der Waals surface area contributed by atoms with E-state index in [1.165, 1.54) is 0 Å². The summed E-state index contributed by atoms with van der Waals surface area (Å²) in [5.74, 6) is 0.355. The van der Waals surface area contributed by atoms with Gasteiger partial charge in [-0.2, -0.15) is 0 Å². The molecular weight excluding hydrogens is 354 g/mol. The van der Waals surface area contributed by atoms with Gasteiger partial charge in [-0.25, -0.2) is 0 Å². The second-order valence-corrected chi connectivity index (χ2v) is 5.96. The van der Waals surface area contributed by atoms with Crippen molar-refractivity contribution in [3.8, 4) is 5.75 Å². The van der Waals surface area contributed by atoms with Crippen LogP contribution in [0.2, 0.25) is 5.02 Å². The molecule has 3 nitrogen and oxygen atoms in total. The van der Waals surface area contributed by atoms with Gasteiger partial charge in [-0.15, -0.1) is 0 Å². The number of amides is 1. The van der Waals surface area contributed by atoms with Gasteiger partial charge in [-0.1, -0.05) is 33.6 Å². The summed E-state index contributed by atoms with van der Waals surface area (Å²) in [5.41, 5.74) is 1.79. The Kier molecular flexibility index (Phi) is 5.26. The molecule has 2 rings (SSSR count). The topological polar surface area (TPSA) is 38.3 Å². The van der Waals surface area contributed by atoms with Crippen LogP contribution in [-0.4, -0.2) is 12.0 Å². The SMILES string of the molecule is Cc1cc(NC(=O)[C@@H](C)Oc2cccc(Cl)c2)ccc1Br. The maximum Gasteiger partial charge on any atom is 0.265 e. The van der Waals surface area contributed by atoms with Crippen molar-refractivity contribution in [3.63, 3.8) is 0 Å².